The Labute approximate surface area is 111 Å². The molecule has 1 unspecified atom stereocenters. The molecule has 1 aliphatic carbocycles. The Bertz CT molecular complexity index is 599. The normalized spacial score (nSPS) is 16.3. The summed E-state index contributed by atoms with van der Waals surface area (Å²) in [4.78, 5) is 16.3. The molecule has 1 aliphatic rings. The molecular formula is C14H17N3O2. The molecule has 0 aromatic carbocycles. The largest absolute Gasteiger partial charge is 0.469 e. The van der Waals surface area contributed by atoms with Crippen molar-refractivity contribution in [1.29, 1.82) is 0 Å². The second kappa shape index (κ2) is 4.91. The smallest absolute Gasteiger partial charge is 0.293 e. The van der Waals surface area contributed by atoms with E-state index in [-0.39, 0.29) is 11.6 Å². The Kier molecular flexibility index (Phi) is 3.11. The fourth-order valence-electron chi connectivity index (χ4n) is 2.18. The van der Waals surface area contributed by atoms with Crippen LogP contribution in [0.3, 0.4) is 0 Å². The highest BCUT2D eigenvalue weighted by atomic mass is 16.3. The summed E-state index contributed by atoms with van der Waals surface area (Å²) < 4.78 is 7.07. The Balaban J connectivity index is 1.72. The zero-order valence-corrected chi connectivity index (χ0v) is 10.9. The van der Waals surface area contributed by atoms with Crippen LogP contribution in [-0.2, 0) is 6.42 Å². The lowest BCUT2D eigenvalue weighted by Gasteiger charge is -2.13. The summed E-state index contributed by atoms with van der Waals surface area (Å²) in [5.74, 6) is 1.33. The highest BCUT2D eigenvalue weighted by Crippen LogP contribution is 2.33. The average molecular weight is 259 g/mol. The van der Waals surface area contributed by atoms with E-state index < -0.39 is 0 Å². The standard InChI is InChI=1S/C14H17N3O2/c1-10(9-12-3-2-8-19-12)16-13-14(18)17(7-6-15-13)11-4-5-11/h2-3,6-8,10-11H,4-5,9H2,1H3,(H,15,16). The first-order valence-corrected chi connectivity index (χ1v) is 6.60. The molecule has 1 N–H and O–H groups in total. The summed E-state index contributed by atoms with van der Waals surface area (Å²) in [5, 5.41) is 3.17. The van der Waals surface area contributed by atoms with Gasteiger partial charge < -0.3 is 14.3 Å². The predicted octanol–water partition coefficient (Wildman–Crippen LogP) is 2.21. The molecule has 1 fully saturated rings. The molecule has 1 saturated carbocycles. The minimum atomic E-state index is -0.0312. The molecule has 5 heteroatoms. The summed E-state index contributed by atoms with van der Waals surface area (Å²) in [6.45, 7) is 2.01. The minimum absolute atomic E-state index is 0.0312. The maximum atomic E-state index is 12.2. The van der Waals surface area contributed by atoms with Crippen molar-refractivity contribution in [3.8, 4) is 0 Å². The summed E-state index contributed by atoms with van der Waals surface area (Å²) in [5.41, 5.74) is -0.0312. The van der Waals surface area contributed by atoms with Crippen molar-refractivity contribution in [2.45, 2.75) is 38.3 Å². The lowest BCUT2D eigenvalue weighted by Crippen LogP contribution is -2.28. The third-order valence-corrected chi connectivity index (χ3v) is 3.28. The van der Waals surface area contributed by atoms with Gasteiger partial charge in [-0.3, -0.25) is 4.79 Å². The van der Waals surface area contributed by atoms with Gasteiger partial charge in [-0.2, -0.15) is 0 Å². The monoisotopic (exact) mass is 259 g/mol. The van der Waals surface area contributed by atoms with Crippen LogP contribution in [0.15, 0.2) is 40.0 Å². The van der Waals surface area contributed by atoms with E-state index in [1.807, 2.05) is 19.1 Å². The van der Waals surface area contributed by atoms with Crippen molar-refractivity contribution in [2.24, 2.45) is 0 Å². The molecule has 2 aromatic rings. The number of furan rings is 1. The van der Waals surface area contributed by atoms with Gasteiger partial charge in [-0.05, 0) is 31.9 Å². The van der Waals surface area contributed by atoms with Gasteiger partial charge in [0.05, 0.1) is 6.26 Å². The summed E-state index contributed by atoms with van der Waals surface area (Å²) >= 11 is 0. The van der Waals surface area contributed by atoms with Gasteiger partial charge in [0.2, 0.25) is 0 Å². The lowest BCUT2D eigenvalue weighted by atomic mass is 10.2. The van der Waals surface area contributed by atoms with E-state index in [0.29, 0.717) is 11.9 Å². The second-order valence-corrected chi connectivity index (χ2v) is 5.05. The van der Waals surface area contributed by atoms with Crippen molar-refractivity contribution in [3.63, 3.8) is 0 Å². The van der Waals surface area contributed by atoms with E-state index in [1.54, 1.807) is 23.2 Å². The quantitative estimate of drug-likeness (QED) is 0.894. The van der Waals surface area contributed by atoms with Gasteiger partial charge in [0.1, 0.15) is 5.76 Å². The van der Waals surface area contributed by atoms with Crippen LogP contribution >= 0.6 is 0 Å². The maximum Gasteiger partial charge on any atom is 0.293 e. The molecule has 1 atom stereocenters. The molecule has 19 heavy (non-hydrogen) atoms. The Hall–Kier alpha value is -2.04. The number of nitrogens with one attached hydrogen (secondary N) is 1. The fourth-order valence-corrected chi connectivity index (χ4v) is 2.18. The SMILES string of the molecule is CC(Cc1ccco1)Nc1nccn(C2CC2)c1=O. The van der Waals surface area contributed by atoms with Crippen molar-refractivity contribution in [1.82, 2.24) is 9.55 Å². The van der Waals surface area contributed by atoms with E-state index in [4.69, 9.17) is 4.42 Å². The molecule has 0 radical (unpaired) electrons. The first kappa shape index (κ1) is 12.0. The first-order valence-electron chi connectivity index (χ1n) is 6.60. The second-order valence-electron chi connectivity index (χ2n) is 5.05. The van der Waals surface area contributed by atoms with Crippen molar-refractivity contribution in [2.75, 3.05) is 5.32 Å². The highest BCUT2D eigenvalue weighted by Gasteiger charge is 2.25. The van der Waals surface area contributed by atoms with Gasteiger partial charge in [-0.25, -0.2) is 4.98 Å². The number of anilines is 1. The number of rotatable bonds is 5. The van der Waals surface area contributed by atoms with Gasteiger partial charge >= 0.3 is 0 Å². The lowest BCUT2D eigenvalue weighted by molar-refractivity contribution is 0.497. The van der Waals surface area contributed by atoms with Crippen LogP contribution in [0.25, 0.3) is 0 Å². The number of nitrogens with zero attached hydrogens (tertiary/aromatic N) is 2. The Morgan fingerprint density at radius 3 is 3.11 bits per heavy atom. The zero-order valence-electron chi connectivity index (χ0n) is 10.9. The molecule has 2 heterocycles. The van der Waals surface area contributed by atoms with Gasteiger partial charge in [-0.15, -0.1) is 0 Å². The van der Waals surface area contributed by atoms with Crippen LogP contribution in [0.2, 0.25) is 0 Å². The Morgan fingerprint density at radius 2 is 2.42 bits per heavy atom. The molecule has 0 spiro atoms. The molecule has 5 nitrogen and oxygen atoms in total. The maximum absolute atomic E-state index is 12.2. The number of hydrogen-bond acceptors (Lipinski definition) is 4. The van der Waals surface area contributed by atoms with E-state index in [9.17, 15) is 4.79 Å². The number of hydrogen-bond donors (Lipinski definition) is 1. The predicted molar refractivity (Wildman–Crippen MR) is 72.3 cm³/mol. The van der Waals surface area contributed by atoms with Gasteiger partial charge in [-0.1, -0.05) is 0 Å². The third kappa shape index (κ3) is 2.70. The number of aromatic nitrogens is 2. The highest BCUT2D eigenvalue weighted by molar-refractivity contribution is 5.32. The molecular weight excluding hydrogens is 242 g/mol. The molecule has 0 saturated heterocycles. The summed E-state index contributed by atoms with van der Waals surface area (Å²) in [7, 11) is 0. The van der Waals surface area contributed by atoms with Crippen LogP contribution in [0.4, 0.5) is 5.82 Å². The topological polar surface area (TPSA) is 60.1 Å². The zero-order chi connectivity index (χ0) is 13.2. The average Bonchev–Trinajstić information content (AvgIpc) is 3.10. The third-order valence-electron chi connectivity index (χ3n) is 3.28. The molecule has 0 bridgehead atoms. The van der Waals surface area contributed by atoms with Crippen LogP contribution in [-0.4, -0.2) is 15.6 Å². The molecule has 3 rings (SSSR count). The first-order chi connectivity index (χ1) is 9.24. The van der Waals surface area contributed by atoms with Crippen molar-refractivity contribution >= 4 is 5.82 Å². The van der Waals surface area contributed by atoms with E-state index in [0.717, 1.165) is 25.0 Å². The van der Waals surface area contributed by atoms with Gasteiger partial charge in [0, 0.05) is 30.9 Å². The van der Waals surface area contributed by atoms with Crippen molar-refractivity contribution < 1.29 is 4.42 Å². The van der Waals surface area contributed by atoms with Crippen LogP contribution in [0, 0.1) is 0 Å². The van der Waals surface area contributed by atoms with E-state index in [1.165, 1.54) is 0 Å². The van der Waals surface area contributed by atoms with Gasteiger partial charge in [0.25, 0.3) is 5.56 Å². The molecule has 100 valence electrons. The molecule has 2 aromatic heterocycles. The van der Waals surface area contributed by atoms with Crippen molar-refractivity contribution in [3.05, 3.63) is 46.9 Å². The summed E-state index contributed by atoms with van der Waals surface area (Å²) in [6.07, 6.45) is 8.01. The van der Waals surface area contributed by atoms with E-state index in [2.05, 4.69) is 10.3 Å². The van der Waals surface area contributed by atoms with Gasteiger partial charge in [0.15, 0.2) is 5.82 Å². The van der Waals surface area contributed by atoms with Crippen LogP contribution in [0.5, 0.6) is 0 Å². The Morgan fingerprint density at radius 1 is 1.58 bits per heavy atom. The molecule has 0 aliphatic heterocycles. The van der Waals surface area contributed by atoms with Crippen LogP contribution in [0.1, 0.15) is 31.6 Å². The molecule has 0 amide bonds. The fraction of sp³-hybridized carbons (Fsp3) is 0.429. The summed E-state index contributed by atoms with van der Waals surface area (Å²) in [6, 6.07) is 4.26. The minimum Gasteiger partial charge on any atom is -0.469 e. The van der Waals surface area contributed by atoms with Crippen LogP contribution < -0.4 is 10.9 Å². The van der Waals surface area contributed by atoms with E-state index >= 15 is 0 Å².